The highest BCUT2D eigenvalue weighted by atomic mass is 16.5. The second-order valence-corrected chi connectivity index (χ2v) is 8.06. The van der Waals surface area contributed by atoms with Crippen molar-refractivity contribution in [1.29, 1.82) is 0 Å². The first kappa shape index (κ1) is 14.4. The van der Waals surface area contributed by atoms with Gasteiger partial charge in [-0.1, -0.05) is 18.2 Å². The third kappa shape index (κ3) is 2.10. The van der Waals surface area contributed by atoms with Gasteiger partial charge in [-0.3, -0.25) is 0 Å². The van der Waals surface area contributed by atoms with Crippen LogP contribution in [0.25, 0.3) is 10.9 Å². The summed E-state index contributed by atoms with van der Waals surface area (Å²) in [6.07, 6.45) is 6.97. The Hall–Kier alpha value is -1.90. The van der Waals surface area contributed by atoms with Crippen LogP contribution in [0, 0.1) is 23.7 Å². The van der Waals surface area contributed by atoms with Gasteiger partial charge in [0, 0.05) is 5.39 Å². The van der Waals surface area contributed by atoms with Crippen molar-refractivity contribution in [1.82, 2.24) is 4.98 Å². The molecule has 4 aliphatic carbocycles. The molecule has 24 heavy (non-hydrogen) atoms. The van der Waals surface area contributed by atoms with Crippen LogP contribution in [0.5, 0.6) is 0 Å². The van der Waals surface area contributed by atoms with Crippen LogP contribution >= 0.6 is 0 Å². The van der Waals surface area contributed by atoms with Crippen molar-refractivity contribution >= 4 is 16.9 Å². The molecule has 6 rings (SSSR count). The van der Waals surface area contributed by atoms with E-state index in [2.05, 4.69) is 17.1 Å². The first-order valence-electron chi connectivity index (χ1n) is 9.21. The van der Waals surface area contributed by atoms with E-state index >= 15 is 0 Å². The van der Waals surface area contributed by atoms with E-state index in [4.69, 9.17) is 4.74 Å². The highest BCUT2D eigenvalue weighted by Crippen LogP contribution is 2.60. The molecule has 1 heterocycles. The van der Waals surface area contributed by atoms with Crippen molar-refractivity contribution in [3.63, 3.8) is 0 Å². The number of hydrogen-bond acceptors (Lipinski definition) is 3. The second kappa shape index (κ2) is 5.30. The van der Waals surface area contributed by atoms with Crippen molar-refractivity contribution in [2.45, 2.75) is 38.0 Å². The Labute approximate surface area is 142 Å². The molecular formula is C21H23NO2. The summed E-state index contributed by atoms with van der Waals surface area (Å²) in [5, 5.41) is 1.22. The molecule has 0 saturated heterocycles. The number of aromatic nitrogens is 1. The Balaban J connectivity index is 1.67. The maximum Gasteiger partial charge on any atom is 0.356 e. The Morgan fingerprint density at radius 3 is 2.38 bits per heavy atom. The molecule has 4 saturated carbocycles. The van der Waals surface area contributed by atoms with Gasteiger partial charge in [-0.2, -0.15) is 0 Å². The Morgan fingerprint density at radius 1 is 1.04 bits per heavy atom. The van der Waals surface area contributed by atoms with Crippen molar-refractivity contribution in [3.8, 4) is 0 Å². The average Bonchev–Trinajstić information content (AvgIpc) is 2.60. The number of fused-ring (bicyclic) bond motifs is 1. The second-order valence-electron chi connectivity index (χ2n) is 8.06. The summed E-state index contributed by atoms with van der Waals surface area (Å²) in [5.74, 6) is 3.75. The predicted molar refractivity (Wildman–Crippen MR) is 92.9 cm³/mol. The summed E-state index contributed by atoms with van der Waals surface area (Å²) in [4.78, 5) is 16.7. The molecule has 3 heteroatoms. The topological polar surface area (TPSA) is 39.2 Å². The fourth-order valence-electron chi connectivity index (χ4n) is 6.12. The molecule has 0 N–H and O–H groups in total. The zero-order valence-corrected chi connectivity index (χ0v) is 14.1. The molecule has 3 nitrogen and oxygen atoms in total. The number of pyridine rings is 1. The predicted octanol–water partition coefficient (Wildman–Crippen LogP) is 4.56. The molecule has 4 fully saturated rings. The third-order valence-corrected chi connectivity index (χ3v) is 6.73. The molecular weight excluding hydrogens is 298 g/mol. The molecule has 4 aliphatic rings. The first-order valence-corrected chi connectivity index (χ1v) is 9.21. The van der Waals surface area contributed by atoms with Crippen LogP contribution in [0.3, 0.4) is 0 Å². The van der Waals surface area contributed by atoms with Gasteiger partial charge in [-0.25, -0.2) is 9.78 Å². The highest BCUT2D eigenvalue weighted by molar-refractivity contribution is 5.92. The lowest BCUT2D eigenvalue weighted by molar-refractivity contribution is -0.00237. The van der Waals surface area contributed by atoms with Crippen LogP contribution in [-0.4, -0.2) is 18.1 Å². The number of para-hydroxylation sites is 1. The van der Waals surface area contributed by atoms with Gasteiger partial charge in [-0.05, 0) is 79.4 Å². The zero-order chi connectivity index (χ0) is 16.3. The van der Waals surface area contributed by atoms with E-state index < -0.39 is 0 Å². The monoisotopic (exact) mass is 321 g/mol. The van der Waals surface area contributed by atoms with E-state index in [0.717, 1.165) is 29.2 Å². The lowest BCUT2D eigenvalue weighted by Gasteiger charge is -2.54. The first-order chi connectivity index (χ1) is 11.7. The molecule has 0 atom stereocenters. The van der Waals surface area contributed by atoms with Crippen LogP contribution in [0.4, 0.5) is 0 Å². The molecule has 1 aromatic carbocycles. The number of esters is 1. The molecule has 0 aliphatic heterocycles. The van der Waals surface area contributed by atoms with Gasteiger partial charge < -0.3 is 4.74 Å². The van der Waals surface area contributed by atoms with Gasteiger partial charge in [0.25, 0.3) is 0 Å². The van der Waals surface area contributed by atoms with Gasteiger partial charge in [0.2, 0.25) is 0 Å². The zero-order valence-electron chi connectivity index (χ0n) is 14.1. The van der Waals surface area contributed by atoms with Crippen LogP contribution in [-0.2, 0) is 4.74 Å². The number of benzene rings is 1. The summed E-state index contributed by atoms with van der Waals surface area (Å²) >= 11 is 0. The van der Waals surface area contributed by atoms with Crippen molar-refractivity contribution in [2.24, 2.45) is 23.7 Å². The Bertz CT molecular complexity index is 785. The maximum atomic E-state index is 12.1. The van der Waals surface area contributed by atoms with E-state index in [1.807, 2.05) is 18.2 Å². The van der Waals surface area contributed by atoms with Gasteiger partial charge in [0.1, 0.15) is 5.69 Å². The number of hydrogen-bond donors (Lipinski definition) is 0. The molecule has 1 aromatic heterocycles. The minimum atomic E-state index is -0.328. The fourth-order valence-corrected chi connectivity index (χ4v) is 6.12. The quantitative estimate of drug-likeness (QED) is 0.761. The number of rotatable bonds is 2. The smallest absolute Gasteiger partial charge is 0.356 e. The molecule has 0 radical (unpaired) electrons. The minimum Gasteiger partial charge on any atom is -0.464 e. The number of carbonyl (C=O) groups is 1. The summed E-state index contributed by atoms with van der Waals surface area (Å²) in [7, 11) is 1.43. The number of methoxy groups -OCH3 is 1. The maximum absolute atomic E-state index is 12.1. The van der Waals surface area contributed by atoms with Gasteiger partial charge in [0.05, 0.1) is 12.6 Å². The van der Waals surface area contributed by atoms with Gasteiger partial charge in [-0.15, -0.1) is 0 Å². The van der Waals surface area contributed by atoms with Crippen LogP contribution < -0.4 is 0 Å². The SMILES string of the molecule is COC(=O)c1cc(C2C3CC4CC(C3)CC2C4)c2ccccc2n1. The molecule has 0 unspecified atom stereocenters. The molecule has 0 amide bonds. The van der Waals surface area contributed by atoms with E-state index in [0.29, 0.717) is 11.6 Å². The van der Waals surface area contributed by atoms with Crippen molar-refractivity contribution in [2.75, 3.05) is 7.11 Å². The normalized spacial score (nSPS) is 33.8. The molecule has 0 spiro atoms. The standard InChI is InChI=1S/C21H23NO2/c1-24-21(23)19-11-17(16-4-2-3-5-18(16)22-19)20-14-7-12-6-13(9-14)10-15(20)8-12/h2-5,11-15,20H,6-10H2,1H3. The van der Waals surface area contributed by atoms with Crippen LogP contribution in [0.15, 0.2) is 30.3 Å². The van der Waals surface area contributed by atoms with E-state index in [9.17, 15) is 4.79 Å². The third-order valence-electron chi connectivity index (χ3n) is 6.73. The number of nitrogens with zero attached hydrogens (tertiary/aromatic N) is 1. The Morgan fingerprint density at radius 2 is 1.71 bits per heavy atom. The summed E-state index contributed by atoms with van der Waals surface area (Å²) < 4.78 is 4.94. The summed E-state index contributed by atoms with van der Waals surface area (Å²) in [6.45, 7) is 0. The van der Waals surface area contributed by atoms with Crippen molar-refractivity contribution < 1.29 is 9.53 Å². The number of ether oxygens (including phenoxy) is 1. The fraction of sp³-hybridized carbons (Fsp3) is 0.524. The van der Waals surface area contributed by atoms with Gasteiger partial charge in [0.15, 0.2) is 0 Å². The van der Waals surface area contributed by atoms with E-state index in [-0.39, 0.29) is 5.97 Å². The summed E-state index contributed by atoms with van der Waals surface area (Å²) in [5.41, 5.74) is 2.72. The lowest BCUT2D eigenvalue weighted by atomic mass is 9.50. The molecule has 2 aromatic rings. The molecule has 124 valence electrons. The van der Waals surface area contributed by atoms with Crippen LogP contribution in [0.2, 0.25) is 0 Å². The summed E-state index contributed by atoms with van der Waals surface area (Å²) in [6, 6.07) is 10.3. The highest BCUT2D eigenvalue weighted by Gasteiger charge is 2.49. The molecule has 4 bridgehead atoms. The van der Waals surface area contributed by atoms with Gasteiger partial charge >= 0.3 is 5.97 Å². The largest absolute Gasteiger partial charge is 0.464 e. The van der Waals surface area contributed by atoms with Crippen LogP contribution in [0.1, 0.15) is 54.1 Å². The average molecular weight is 321 g/mol. The van der Waals surface area contributed by atoms with E-state index in [1.54, 1.807) is 0 Å². The van der Waals surface area contributed by atoms with Crippen molar-refractivity contribution in [3.05, 3.63) is 41.6 Å². The minimum absolute atomic E-state index is 0.328. The Kier molecular flexibility index (Phi) is 3.19. The number of carbonyl (C=O) groups excluding carboxylic acids is 1. The lowest BCUT2D eigenvalue weighted by Crippen LogP contribution is -2.43. The van der Waals surface area contributed by atoms with E-state index in [1.165, 1.54) is 50.2 Å².